The standard InChI is InChI=1S/C20H24BrN3O4/c1-20(2,3)14-8-9-18(17(21)12-14)28-11-5-10-22-19(25)23-15-6-4-7-16(13-15)24(26)27/h4,6-9,12-13H,5,10-11H2,1-3H3,(H2,22,23,25). The number of rotatable bonds is 7. The maximum Gasteiger partial charge on any atom is 0.319 e. The Morgan fingerprint density at radius 1 is 1.21 bits per heavy atom. The fraction of sp³-hybridized carbons (Fsp3) is 0.350. The molecule has 0 bridgehead atoms. The maximum absolute atomic E-state index is 11.9. The summed E-state index contributed by atoms with van der Waals surface area (Å²) in [5.41, 5.74) is 1.57. The van der Waals surface area contributed by atoms with Gasteiger partial charge in [-0.25, -0.2) is 4.79 Å². The Bertz CT molecular complexity index is 850. The summed E-state index contributed by atoms with van der Waals surface area (Å²) >= 11 is 3.53. The van der Waals surface area contributed by atoms with Crippen molar-refractivity contribution in [1.82, 2.24) is 5.32 Å². The number of amides is 2. The minimum atomic E-state index is -0.507. The molecule has 28 heavy (non-hydrogen) atoms. The van der Waals surface area contributed by atoms with Gasteiger partial charge in [-0.3, -0.25) is 10.1 Å². The molecule has 2 amide bonds. The van der Waals surface area contributed by atoms with Gasteiger partial charge in [-0.1, -0.05) is 32.9 Å². The number of nitro groups is 1. The number of halogens is 1. The fourth-order valence-corrected chi connectivity index (χ4v) is 2.91. The van der Waals surface area contributed by atoms with Crippen LogP contribution in [0.25, 0.3) is 0 Å². The number of anilines is 1. The molecule has 0 atom stereocenters. The highest BCUT2D eigenvalue weighted by Gasteiger charge is 2.15. The van der Waals surface area contributed by atoms with E-state index in [2.05, 4.69) is 53.4 Å². The van der Waals surface area contributed by atoms with Crippen molar-refractivity contribution in [3.63, 3.8) is 0 Å². The molecule has 0 aromatic heterocycles. The molecular formula is C20H24BrN3O4. The first-order chi connectivity index (χ1) is 13.2. The Labute approximate surface area is 172 Å². The van der Waals surface area contributed by atoms with E-state index in [9.17, 15) is 14.9 Å². The average molecular weight is 450 g/mol. The summed E-state index contributed by atoms with van der Waals surface area (Å²) < 4.78 is 6.65. The molecular weight excluding hydrogens is 426 g/mol. The molecule has 0 unspecified atom stereocenters. The number of carbonyl (C=O) groups excluding carboxylic acids is 1. The van der Waals surface area contributed by atoms with Gasteiger partial charge in [0.25, 0.3) is 5.69 Å². The molecule has 150 valence electrons. The van der Waals surface area contributed by atoms with Gasteiger partial charge >= 0.3 is 6.03 Å². The monoisotopic (exact) mass is 449 g/mol. The normalized spacial score (nSPS) is 11.0. The van der Waals surface area contributed by atoms with Gasteiger partial charge in [0.2, 0.25) is 0 Å². The molecule has 0 aliphatic rings. The van der Waals surface area contributed by atoms with Gasteiger partial charge in [0.05, 0.1) is 16.0 Å². The van der Waals surface area contributed by atoms with Crippen LogP contribution < -0.4 is 15.4 Å². The highest BCUT2D eigenvalue weighted by Crippen LogP contribution is 2.31. The second kappa shape index (κ2) is 9.54. The third-order valence-corrected chi connectivity index (χ3v) is 4.60. The molecule has 2 aromatic rings. The average Bonchev–Trinajstić information content (AvgIpc) is 2.62. The van der Waals surface area contributed by atoms with E-state index in [0.717, 1.165) is 10.2 Å². The van der Waals surface area contributed by atoms with Crippen molar-refractivity contribution >= 4 is 33.3 Å². The number of nitrogens with one attached hydrogen (secondary N) is 2. The fourth-order valence-electron chi connectivity index (χ4n) is 2.41. The molecule has 2 aromatic carbocycles. The summed E-state index contributed by atoms with van der Waals surface area (Å²) in [6, 6.07) is 11.4. The number of nitro benzene ring substituents is 1. The second-order valence-corrected chi connectivity index (χ2v) is 8.14. The van der Waals surface area contributed by atoms with Crippen LogP contribution >= 0.6 is 15.9 Å². The summed E-state index contributed by atoms with van der Waals surface area (Å²) in [4.78, 5) is 22.1. The molecule has 8 heteroatoms. The molecule has 0 radical (unpaired) electrons. The van der Waals surface area contributed by atoms with Crippen molar-refractivity contribution in [2.24, 2.45) is 0 Å². The first-order valence-corrected chi connectivity index (χ1v) is 9.68. The van der Waals surface area contributed by atoms with Crippen LogP contribution in [0, 0.1) is 10.1 Å². The maximum atomic E-state index is 11.9. The quantitative estimate of drug-likeness (QED) is 0.343. The van der Waals surface area contributed by atoms with Crippen molar-refractivity contribution in [2.75, 3.05) is 18.5 Å². The van der Waals surface area contributed by atoms with Crippen molar-refractivity contribution in [1.29, 1.82) is 0 Å². The van der Waals surface area contributed by atoms with Gasteiger partial charge in [0.1, 0.15) is 5.75 Å². The molecule has 2 rings (SSSR count). The highest BCUT2D eigenvalue weighted by molar-refractivity contribution is 9.10. The van der Waals surface area contributed by atoms with E-state index in [-0.39, 0.29) is 11.1 Å². The number of ether oxygens (including phenoxy) is 1. The third kappa shape index (κ3) is 6.53. The minimum absolute atomic E-state index is 0.0670. The number of carbonyl (C=O) groups is 1. The van der Waals surface area contributed by atoms with Crippen LogP contribution in [0.2, 0.25) is 0 Å². The van der Waals surface area contributed by atoms with Gasteiger partial charge in [0.15, 0.2) is 0 Å². The largest absolute Gasteiger partial charge is 0.492 e. The second-order valence-electron chi connectivity index (χ2n) is 7.29. The lowest BCUT2D eigenvalue weighted by Crippen LogP contribution is -2.30. The number of nitrogens with zero attached hydrogens (tertiary/aromatic N) is 1. The molecule has 0 spiro atoms. The van der Waals surface area contributed by atoms with E-state index in [0.29, 0.717) is 25.3 Å². The van der Waals surface area contributed by atoms with Gasteiger partial charge in [0, 0.05) is 24.4 Å². The van der Waals surface area contributed by atoms with Crippen molar-refractivity contribution < 1.29 is 14.5 Å². The molecule has 0 saturated carbocycles. The van der Waals surface area contributed by atoms with E-state index in [1.54, 1.807) is 6.07 Å². The van der Waals surface area contributed by atoms with E-state index >= 15 is 0 Å². The van der Waals surface area contributed by atoms with Crippen LogP contribution in [0.3, 0.4) is 0 Å². The van der Waals surface area contributed by atoms with Crippen LogP contribution in [0.15, 0.2) is 46.9 Å². The molecule has 0 heterocycles. The Morgan fingerprint density at radius 2 is 1.96 bits per heavy atom. The first-order valence-electron chi connectivity index (χ1n) is 8.89. The zero-order valence-corrected chi connectivity index (χ0v) is 17.7. The lowest BCUT2D eigenvalue weighted by molar-refractivity contribution is -0.384. The first kappa shape index (κ1) is 21.7. The Hall–Kier alpha value is -2.61. The third-order valence-electron chi connectivity index (χ3n) is 3.98. The molecule has 2 N–H and O–H groups in total. The molecule has 0 aliphatic heterocycles. The van der Waals surface area contributed by atoms with E-state index < -0.39 is 11.0 Å². The topological polar surface area (TPSA) is 93.5 Å². The summed E-state index contributed by atoms with van der Waals surface area (Å²) in [6.07, 6.45) is 0.621. The Morgan fingerprint density at radius 3 is 2.61 bits per heavy atom. The lowest BCUT2D eigenvalue weighted by Gasteiger charge is -2.20. The van der Waals surface area contributed by atoms with Crippen LogP contribution in [0.1, 0.15) is 32.8 Å². The zero-order chi connectivity index (χ0) is 20.7. The Kier molecular flexibility index (Phi) is 7.39. The van der Waals surface area contributed by atoms with Crippen molar-refractivity contribution in [3.8, 4) is 5.75 Å². The minimum Gasteiger partial charge on any atom is -0.492 e. The lowest BCUT2D eigenvalue weighted by atomic mass is 9.87. The Balaban J connectivity index is 1.74. The summed E-state index contributed by atoms with van der Waals surface area (Å²) in [5.74, 6) is 0.758. The van der Waals surface area contributed by atoms with Gasteiger partial charge < -0.3 is 15.4 Å². The predicted molar refractivity (Wildman–Crippen MR) is 113 cm³/mol. The van der Waals surface area contributed by atoms with Gasteiger partial charge in [-0.15, -0.1) is 0 Å². The van der Waals surface area contributed by atoms with Crippen LogP contribution in [-0.4, -0.2) is 24.1 Å². The van der Waals surface area contributed by atoms with Gasteiger partial charge in [-0.05, 0) is 51.5 Å². The van der Waals surface area contributed by atoms with E-state index in [1.807, 2.05) is 12.1 Å². The SMILES string of the molecule is CC(C)(C)c1ccc(OCCCNC(=O)Nc2cccc([N+](=O)[O-])c2)c(Br)c1. The number of hydrogen-bond acceptors (Lipinski definition) is 4. The van der Waals surface area contributed by atoms with Crippen LogP contribution in [-0.2, 0) is 5.41 Å². The number of hydrogen-bond donors (Lipinski definition) is 2. The van der Waals surface area contributed by atoms with Gasteiger partial charge in [-0.2, -0.15) is 0 Å². The molecule has 0 aliphatic carbocycles. The number of urea groups is 1. The molecule has 0 saturated heterocycles. The summed E-state index contributed by atoms with van der Waals surface area (Å²) in [5, 5.41) is 16.0. The van der Waals surface area contributed by atoms with Crippen LogP contribution in [0.5, 0.6) is 5.75 Å². The smallest absolute Gasteiger partial charge is 0.319 e. The zero-order valence-electron chi connectivity index (χ0n) is 16.1. The number of non-ortho nitro benzene ring substituents is 1. The predicted octanol–water partition coefficient (Wildman–Crippen LogP) is 5.25. The van der Waals surface area contributed by atoms with Crippen molar-refractivity contribution in [3.05, 3.63) is 62.6 Å². The molecule has 7 nitrogen and oxygen atoms in total. The molecule has 0 fully saturated rings. The highest BCUT2D eigenvalue weighted by atomic mass is 79.9. The van der Waals surface area contributed by atoms with Crippen LogP contribution in [0.4, 0.5) is 16.2 Å². The number of benzene rings is 2. The van der Waals surface area contributed by atoms with Crippen molar-refractivity contribution in [2.45, 2.75) is 32.6 Å². The van der Waals surface area contributed by atoms with E-state index in [4.69, 9.17) is 4.74 Å². The van der Waals surface area contributed by atoms with E-state index in [1.165, 1.54) is 23.8 Å². The summed E-state index contributed by atoms with van der Waals surface area (Å²) in [7, 11) is 0. The summed E-state index contributed by atoms with van der Waals surface area (Å²) in [6.45, 7) is 7.32.